The molecule has 0 unspecified atom stereocenters. The molecule has 0 radical (unpaired) electrons. The number of hydrogen-bond donors (Lipinski definition) is 2. The monoisotopic (exact) mass is 375 g/mol. The third kappa shape index (κ3) is 4.06. The molecule has 2 heterocycles. The first-order chi connectivity index (χ1) is 13.7. The van der Waals surface area contributed by atoms with Gasteiger partial charge in [0.25, 0.3) is 5.91 Å². The Morgan fingerprint density at radius 2 is 1.86 bits per heavy atom. The molecule has 0 saturated carbocycles. The average molecular weight is 375 g/mol. The molecule has 0 saturated heterocycles. The van der Waals surface area contributed by atoms with E-state index in [1.165, 1.54) is 12.0 Å². The molecule has 1 aromatic heterocycles. The number of amides is 1. The zero-order valence-corrected chi connectivity index (χ0v) is 16.1. The lowest BCUT2D eigenvalue weighted by atomic mass is 10.1. The molecule has 4 rings (SSSR count). The highest BCUT2D eigenvalue weighted by Crippen LogP contribution is 2.21. The van der Waals surface area contributed by atoms with E-state index in [4.69, 9.17) is 0 Å². The summed E-state index contributed by atoms with van der Waals surface area (Å²) in [6.07, 6.45) is 4.47. The average Bonchev–Trinajstić information content (AvgIpc) is 2.94. The minimum atomic E-state index is -0.124. The summed E-state index contributed by atoms with van der Waals surface area (Å²) >= 11 is 0. The first-order valence-electron chi connectivity index (χ1n) is 9.82. The molecule has 0 spiro atoms. The fourth-order valence-corrected chi connectivity index (χ4v) is 3.51. The molecule has 0 bridgehead atoms. The Labute approximate surface area is 165 Å². The van der Waals surface area contributed by atoms with Gasteiger partial charge in [-0.3, -0.25) is 4.79 Å². The normalized spacial score (nSPS) is 13.5. The Hall–Kier alpha value is -3.15. The standard InChI is InChI=1S/C22H25N5O/c1-16-10-12-17(13-11-16)24-19-8-5-4-7-18(19)22(28)23-15-21-26-25-20-9-3-2-6-14-27(20)21/h4-5,7-8,10-13,24H,2-3,6,9,14-15H2,1H3,(H,23,28). The molecule has 1 amide bonds. The molecule has 6 nitrogen and oxygen atoms in total. The number of rotatable bonds is 5. The molecular weight excluding hydrogens is 350 g/mol. The van der Waals surface area contributed by atoms with Crippen LogP contribution in [0.4, 0.5) is 11.4 Å². The topological polar surface area (TPSA) is 71.8 Å². The van der Waals surface area contributed by atoms with Gasteiger partial charge in [0.2, 0.25) is 0 Å². The minimum Gasteiger partial charge on any atom is -0.355 e. The molecule has 1 aliphatic rings. The van der Waals surface area contributed by atoms with Crippen LogP contribution >= 0.6 is 0 Å². The van der Waals surface area contributed by atoms with Crippen LogP contribution in [0.25, 0.3) is 0 Å². The van der Waals surface area contributed by atoms with Gasteiger partial charge in [-0.15, -0.1) is 10.2 Å². The number of fused-ring (bicyclic) bond motifs is 1. The highest BCUT2D eigenvalue weighted by molar-refractivity contribution is 6.00. The van der Waals surface area contributed by atoms with E-state index in [0.717, 1.165) is 48.8 Å². The molecule has 0 aliphatic carbocycles. The van der Waals surface area contributed by atoms with Crippen molar-refractivity contribution in [2.75, 3.05) is 5.32 Å². The van der Waals surface area contributed by atoms with Crippen LogP contribution < -0.4 is 10.6 Å². The van der Waals surface area contributed by atoms with Crippen molar-refractivity contribution in [3.05, 3.63) is 71.3 Å². The van der Waals surface area contributed by atoms with E-state index in [2.05, 4.69) is 32.3 Å². The first kappa shape index (κ1) is 18.2. The number of carbonyl (C=O) groups excluding carboxylic acids is 1. The predicted molar refractivity (Wildman–Crippen MR) is 110 cm³/mol. The molecule has 2 N–H and O–H groups in total. The van der Waals surface area contributed by atoms with E-state index in [1.54, 1.807) is 0 Å². The number of aryl methyl sites for hydroxylation is 2. The highest BCUT2D eigenvalue weighted by Gasteiger charge is 2.16. The number of nitrogens with one attached hydrogen (secondary N) is 2. The molecule has 0 fully saturated rings. The smallest absolute Gasteiger partial charge is 0.253 e. The number of benzene rings is 2. The summed E-state index contributed by atoms with van der Waals surface area (Å²) in [5, 5.41) is 14.9. The lowest BCUT2D eigenvalue weighted by Gasteiger charge is -2.13. The maximum atomic E-state index is 12.8. The Morgan fingerprint density at radius 1 is 1.04 bits per heavy atom. The molecule has 6 heteroatoms. The summed E-state index contributed by atoms with van der Waals surface area (Å²) in [5.41, 5.74) is 3.54. The van der Waals surface area contributed by atoms with Crippen LogP contribution in [-0.4, -0.2) is 20.7 Å². The van der Waals surface area contributed by atoms with Crippen LogP contribution in [0.5, 0.6) is 0 Å². The van der Waals surface area contributed by atoms with E-state index in [9.17, 15) is 4.79 Å². The quantitative estimate of drug-likeness (QED) is 0.707. The van der Waals surface area contributed by atoms with Crippen molar-refractivity contribution in [1.29, 1.82) is 0 Å². The second kappa shape index (κ2) is 8.25. The second-order valence-corrected chi connectivity index (χ2v) is 7.21. The number of hydrogen-bond acceptors (Lipinski definition) is 4. The van der Waals surface area contributed by atoms with Gasteiger partial charge in [0.1, 0.15) is 5.82 Å². The predicted octanol–water partition coefficient (Wildman–Crippen LogP) is 3.99. The van der Waals surface area contributed by atoms with Gasteiger partial charge >= 0.3 is 0 Å². The van der Waals surface area contributed by atoms with Gasteiger partial charge in [0.05, 0.1) is 17.8 Å². The van der Waals surface area contributed by atoms with Crippen LogP contribution in [0, 0.1) is 6.92 Å². The van der Waals surface area contributed by atoms with Crippen molar-refractivity contribution in [2.45, 2.75) is 45.7 Å². The maximum absolute atomic E-state index is 12.8. The van der Waals surface area contributed by atoms with Crippen LogP contribution in [-0.2, 0) is 19.5 Å². The van der Waals surface area contributed by atoms with Crippen molar-refractivity contribution in [3.63, 3.8) is 0 Å². The Balaban J connectivity index is 1.47. The Bertz CT molecular complexity index is 961. The molecule has 28 heavy (non-hydrogen) atoms. The van der Waals surface area contributed by atoms with Gasteiger partial charge in [0, 0.05) is 18.7 Å². The zero-order valence-electron chi connectivity index (χ0n) is 16.1. The summed E-state index contributed by atoms with van der Waals surface area (Å²) in [7, 11) is 0. The lowest BCUT2D eigenvalue weighted by molar-refractivity contribution is 0.0950. The lowest BCUT2D eigenvalue weighted by Crippen LogP contribution is -2.25. The van der Waals surface area contributed by atoms with Crippen molar-refractivity contribution in [1.82, 2.24) is 20.1 Å². The van der Waals surface area contributed by atoms with E-state index in [0.29, 0.717) is 12.1 Å². The van der Waals surface area contributed by atoms with Crippen molar-refractivity contribution in [3.8, 4) is 0 Å². The van der Waals surface area contributed by atoms with Gasteiger partial charge in [-0.2, -0.15) is 0 Å². The van der Waals surface area contributed by atoms with Crippen LogP contribution in [0.3, 0.4) is 0 Å². The van der Waals surface area contributed by atoms with Crippen LogP contribution in [0.15, 0.2) is 48.5 Å². The maximum Gasteiger partial charge on any atom is 0.253 e. The molecule has 144 valence electrons. The van der Waals surface area contributed by atoms with E-state index in [1.807, 2.05) is 48.5 Å². The third-order valence-corrected chi connectivity index (χ3v) is 5.10. The highest BCUT2D eigenvalue weighted by atomic mass is 16.1. The molecule has 3 aromatic rings. The Kier molecular flexibility index (Phi) is 5.37. The van der Waals surface area contributed by atoms with E-state index < -0.39 is 0 Å². The third-order valence-electron chi connectivity index (χ3n) is 5.10. The zero-order chi connectivity index (χ0) is 19.3. The van der Waals surface area contributed by atoms with Gasteiger partial charge in [-0.1, -0.05) is 36.2 Å². The molecule has 0 atom stereocenters. The summed E-state index contributed by atoms with van der Waals surface area (Å²) in [6.45, 7) is 3.36. The van der Waals surface area contributed by atoms with Crippen LogP contribution in [0.2, 0.25) is 0 Å². The van der Waals surface area contributed by atoms with Crippen LogP contribution in [0.1, 0.15) is 46.8 Å². The van der Waals surface area contributed by atoms with Gasteiger partial charge in [0.15, 0.2) is 5.82 Å². The largest absolute Gasteiger partial charge is 0.355 e. The first-order valence-corrected chi connectivity index (χ1v) is 9.82. The molecule has 2 aromatic carbocycles. The van der Waals surface area contributed by atoms with E-state index in [-0.39, 0.29) is 5.91 Å². The minimum absolute atomic E-state index is 0.124. The van der Waals surface area contributed by atoms with Gasteiger partial charge in [-0.25, -0.2) is 0 Å². The summed E-state index contributed by atoms with van der Waals surface area (Å²) in [4.78, 5) is 12.8. The van der Waals surface area contributed by atoms with Gasteiger partial charge < -0.3 is 15.2 Å². The second-order valence-electron chi connectivity index (χ2n) is 7.21. The molecular formula is C22H25N5O. The van der Waals surface area contributed by atoms with E-state index >= 15 is 0 Å². The summed E-state index contributed by atoms with van der Waals surface area (Å²) in [6, 6.07) is 15.6. The fraction of sp³-hybridized carbons (Fsp3) is 0.318. The number of aromatic nitrogens is 3. The fourth-order valence-electron chi connectivity index (χ4n) is 3.51. The number of nitrogens with zero attached hydrogens (tertiary/aromatic N) is 3. The van der Waals surface area contributed by atoms with Gasteiger partial charge in [-0.05, 0) is 44.0 Å². The number of para-hydroxylation sites is 1. The Morgan fingerprint density at radius 3 is 2.71 bits per heavy atom. The SMILES string of the molecule is Cc1ccc(Nc2ccccc2C(=O)NCc2nnc3n2CCCCC3)cc1. The number of carbonyl (C=O) groups is 1. The van der Waals surface area contributed by atoms with Crippen molar-refractivity contribution in [2.24, 2.45) is 0 Å². The molecule has 1 aliphatic heterocycles. The summed E-state index contributed by atoms with van der Waals surface area (Å²) in [5.74, 6) is 1.73. The van der Waals surface area contributed by atoms with Crippen molar-refractivity contribution < 1.29 is 4.79 Å². The number of anilines is 2. The van der Waals surface area contributed by atoms with Crippen molar-refractivity contribution >= 4 is 17.3 Å². The summed E-state index contributed by atoms with van der Waals surface area (Å²) < 4.78 is 2.16.